The Hall–Kier alpha value is -0.410. The second kappa shape index (κ2) is 5.78. The van der Waals surface area contributed by atoms with Crippen LogP contribution in [-0.4, -0.2) is 24.5 Å². The molecular formula is C13H23NO2. The summed E-state index contributed by atoms with van der Waals surface area (Å²) in [6.07, 6.45) is 8.99. The van der Waals surface area contributed by atoms with Gasteiger partial charge in [0.05, 0.1) is 6.10 Å². The van der Waals surface area contributed by atoms with Crippen molar-refractivity contribution in [2.75, 3.05) is 6.54 Å². The largest absolute Gasteiger partial charge is 0.366 e. The van der Waals surface area contributed by atoms with Crippen molar-refractivity contribution in [3.05, 3.63) is 0 Å². The standard InChI is InChI=1S/C13H23NO2/c14-9-11-7-8-12(16-11)13(15)10-5-3-1-2-4-6-10/h10-12H,1-9,14H2. The maximum atomic E-state index is 12.2. The van der Waals surface area contributed by atoms with E-state index in [2.05, 4.69) is 0 Å². The Balaban J connectivity index is 1.86. The van der Waals surface area contributed by atoms with Crippen LogP contribution in [0.3, 0.4) is 0 Å². The van der Waals surface area contributed by atoms with Gasteiger partial charge in [-0.2, -0.15) is 0 Å². The van der Waals surface area contributed by atoms with Crippen LogP contribution in [0.15, 0.2) is 0 Å². The second-order valence-electron chi connectivity index (χ2n) is 5.15. The van der Waals surface area contributed by atoms with E-state index in [1.165, 1.54) is 25.7 Å². The monoisotopic (exact) mass is 225 g/mol. The Labute approximate surface area is 97.7 Å². The summed E-state index contributed by atoms with van der Waals surface area (Å²) in [5.74, 6) is 0.627. The minimum atomic E-state index is -0.142. The van der Waals surface area contributed by atoms with Crippen LogP contribution in [0.4, 0.5) is 0 Å². The van der Waals surface area contributed by atoms with Gasteiger partial charge in [-0.15, -0.1) is 0 Å². The summed E-state index contributed by atoms with van der Waals surface area (Å²) in [6, 6.07) is 0. The van der Waals surface area contributed by atoms with E-state index in [-0.39, 0.29) is 18.1 Å². The van der Waals surface area contributed by atoms with Crippen LogP contribution in [-0.2, 0) is 9.53 Å². The molecule has 3 nitrogen and oxygen atoms in total. The number of ether oxygens (including phenoxy) is 1. The number of nitrogens with two attached hydrogens (primary N) is 1. The Morgan fingerprint density at radius 2 is 1.75 bits per heavy atom. The number of hydrogen-bond donors (Lipinski definition) is 1. The number of carbonyl (C=O) groups excluding carboxylic acids is 1. The van der Waals surface area contributed by atoms with E-state index in [0.717, 1.165) is 25.7 Å². The normalized spacial score (nSPS) is 32.6. The minimum absolute atomic E-state index is 0.125. The van der Waals surface area contributed by atoms with Gasteiger partial charge in [-0.05, 0) is 25.7 Å². The van der Waals surface area contributed by atoms with Crippen molar-refractivity contribution in [1.29, 1.82) is 0 Å². The lowest BCUT2D eigenvalue weighted by molar-refractivity contribution is -0.134. The lowest BCUT2D eigenvalue weighted by atomic mass is 9.91. The first-order chi connectivity index (χ1) is 7.81. The first-order valence-corrected chi connectivity index (χ1v) is 6.70. The number of hydrogen-bond acceptors (Lipinski definition) is 3. The second-order valence-corrected chi connectivity index (χ2v) is 5.15. The molecule has 1 heterocycles. The molecule has 2 rings (SSSR count). The van der Waals surface area contributed by atoms with Gasteiger partial charge in [0.25, 0.3) is 0 Å². The molecule has 0 aromatic heterocycles. The molecule has 92 valence electrons. The molecule has 2 unspecified atom stereocenters. The van der Waals surface area contributed by atoms with Crippen molar-refractivity contribution >= 4 is 5.78 Å². The van der Waals surface area contributed by atoms with E-state index >= 15 is 0 Å². The maximum absolute atomic E-state index is 12.2. The van der Waals surface area contributed by atoms with E-state index in [4.69, 9.17) is 10.5 Å². The van der Waals surface area contributed by atoms with E-state index in [0.29, 0.717) is 12.3 Å². The third-order valence-corrected chi connectivity index (χ3v) is 3.95. The average molecular weight is 225 g/mol. The summed E-state index contributed by atoms with van der Waals surface area (Å²) < 4.78 is 5.69. The molecule has 1 aliphatic carbocycles. The topological polar surface area (TPSA) is 52.3 Å². The summed E-state index contributed by atoms with van der Waals surface area (Å²) in [6.45, 7) is 0.550. The SMILES string of the molecule is NCC1CCC(C(=O)C2CCCCCC2)O1. The van der Waals surface area contributed by atoms with Gasteiger partial charge < -0.3 is 10.5 Å². The molecule has 1 saturated heterocycles. The molecule has 2 atom stereocenters. The number of carbonyl (C=O) groups is 1. The summed E-state index contributed by atoms with van der Waals surface area (Å²) in [7, 11) is 0. The van der Waals surface area contributed by atoms with Crippen molar-refractivity contribution in [3.63, 3.8) is 0 Å². The smallest absolute Gasteiger partial charge is 0.164 e. The molecule has 2 fully saturated rings. The van der Waals surface area contributed by atoms with Gasteiger partial charge in [0.2, 0.25) is 0 Å². The molecule has 1 aliphatic heterocycles. The molecule has 16 heavy (non-hydrogen) atoms. The van der Waals surface area contributed by atoms with Gasteiger partial charge in [-0.25, -0.2) is 0 Å². The molecule has 0 aromatic rings. The first kappa shape index (κ1) is 12.1. The third kappa shape index (κ3) is 2.83. The zero-order chi connectivity index (χ0) is 11.4. The van der Waals surface area contributed by atoms with E-state index < -0.39 is 0 Å². The Bertz CT molecular complexity index is 234. The summed E-state index contributed by atoms with van der Waals surface area (Å²) >= 11 is 0. The fourth-order valence-corrected chi connectivity index (χ4v) is 2.92. The molecule has 1 saturated carbocycles. The van der Waals surface area contributed by atoms with Gasteiger partial charge in [0, 0.05) is 12.5 Å². The Morgan fingerprint density at radius 3 is 2.31 bits per heavy atom. The van der Waals surface area contributed by atoms with Crippen LogP contribution in [0.5, 0.6) is 0 Å². The van der Waals surface area contributed by atoms with E-state index in [9.17, 15) is 4.79 Å². The highest BCUT2D eigenvalue weighted by Gasteiger charge is 2.33. The first-order valence-electron chi connectivity index (χ1n) is 6.70. The van der Waals surface area contributed by atoms with Gasteiger partial charge >= 0.3 is 0 Å². The third-order valence-electron chi connectivity index (χ3n) is 3.95. The van der Waals surface area contributed by atoms with Gasteiger partial charge in [-0.1, -0.05) is 25.7 Å². The van der Waals surface area contributed by atoms with Gasteiger partial charge in [0.1, 0.15) is 6.10 Å². The van der Waals surface area contributed by atoms with Crippen LogP contribution < -0.4 is 5.73 Å². The highest BCUT2D eigenvalue weighted by Crippen LogP contribution is 2.29. The van der Waals surface area contributed by atoms with E-state index in [1.807, 2.05) is 0 Å². The molecule has 2 N–H and O–H groups in total. The molecule has 0 aromatic carbocycles. The number of Topliss-reactive ketones (excluding diaryl/α,β-unsaturated/α-hetero) is 1. The fourth-order valence-electron chi connectivity index (χ4n) is 2.92. The average Bonchev–Trinajstić information content (AvgIpc) is 2.62. The van der Waals surface area contributed by atoms with Crippen LogP contribution in [0.2, 0.25) is 0 Å². The highest BCUT2D eigenvalue weighted by atomic mass is 16.5. The van der Waals surface area contributed by atoms with Crippen LogP contribution in [0, 0.1) is 5.92 Å². The van der Waals surface area contributed by atoms with Crippen LogP contribution >= 0.6 is 0 Å². The Kier molecular flexibility index (Phi) is 4.36. The van der Waals surface area contributed by atoms with Crippen molar-refractivity contribution in [2.45, 2.75) is 63.6 Å². The van der Waals surface area contributed by atoms with Gasteiger partial charge in [0.15, 0.2) is 5.78 Å². The Morgan fingerprint density at radius 1 is 1.06 bits per heavy atom. The molecule has 0 radical (unpaired) electrons. The fraction of sp³-hybridized carbons (Fsp3) is 0.923. The van der Waals surface area contributed by atoms with Crippen molar-refractivity contribution in [3.8, 4) is 0 Å². The van der Waals surface area contributed by atoms with Gasteiger partial charge in [-0.3, -0.25) is 4.79 Å². The molecule has 0 amide bonds. The van der Waals surface area contributed by atoms with Crippen LogP contribution in [0.25, 0.3) is 0 Å². The van der Waals surface area contributed by atoms with Crippen molar-refractivity contribution in [2.24, 2.45) is 11.7 Å². The predicted octanol–water partition coefficient (Wildman–Crippen LogP) is 2.03. The highest BCUT2D eigenvalue weighted by molar-refractivity contribution is 5.85. The zero-order valence-electron chi connectivity index (χ0n) is 9.99. The molecule has 3 heteroatoms. The lowest BCUT2D eigenvalue weighted by Crippen LogP contribution is -2.30. The summed E-state index contributed by atoms with van der Waals surface area (Å²) in [5.41, 5.74) is 5.56. The molecule has 0 bridgehead atoms. The van der Waals surface area contributed by atoms with Crippen LogP contribution in [0.1, 0.15) is 51.4 Å². The van der Waals surface area contributed by atoms with Crippen molar-refractivity contribution < 1.29 is 9.53 Å². The minimum Gasteiger partial charge on any atom is -0.366 e. The lowest BCUT2D eigenvalue weighted by Gasteiger charge is -2.18. The molecule has 2 aliphatic rings. The number of ketones is 1. The summed E-state index contributed by atoms with van der Waals surface area (Å²) in [5, 5.41) is 0. The zero-order valence-corrected chi connectivity index (χ0v) is 9.99. The number of rotatable bonds is 3. The quantitative estimate of drug-likeness (QED) is 0.748. The predicted molar refractivity (Wildman–Crippen MR) is 63.1 cm³/mol. The maximum Gasteiger partial charge on any atom is 0.164 e. The molecular weight excluding hydrogens is 202 g/mol. The van der Waals surface area contributed by atoms with E-state index in [1.54, 1.807) is 0 Å². The van der Waals surface area contributed by atoms with Crippen molar-refractivity contribution in [1.82, 2.24) is 0 Å². The molecule has 0 spiro atoms. The summed E-state index contributed by atoms with van der Waals surface area (Å²) in [4.78, 5) is 12.2.